The van der Waals surface area contributed by atoms with Gasteiger partial charge in [0.2, 0.25) is 0 Å². The summed E-state index contributed by atoms with van der Waals surface area (Å²) in [6.45, 7) is 0. The molecule has 0 saturated carbocycles. The van der Waals surface area contributed by atoms with Crippen LogP contribution >= 0.6 is 27.3 Å². The molecule has 0 aliphatic carbocycles. The van der Waals surface area contributed by atoms with Gasteiger partial charge in [0.05, 0.1) is 5.51 Å². The minimum atomic E-state index is -0.266. The van der Waals surface area contributed by atoms with Crippen molar-refractivity contribution in [3.8, 4) is 0 Å². The number of hydrogen-bond acceptors (Lipinski definition) is 3. The SMILES string of the molecule is NC(Cc1cncs1)c1cc(F)ccc1Br. The molecule has 5 heteroatoms. The Morgan fingerprint density at radius 2 is 2.31 bits per heavy atom. The maximum absolute atomic E-state index is 13.1. The summed E-state index contributed by atoms with van der Waals surface area (Å²) in [6.07, 6.45) is 2.46. The lowest BCUT2D eigenvalue weighted by atomic mass is 10.0. The largest absolute Gasteiger partial charge is 0.324 e. The molecule has 2 aromatic rings. The topological polar surface area (TPSA) is 38.9 Å². The zero-order valence-corrected chi connectivity index (χ0v) is 10.8. The zero-order chi connectivity index (χ0) is 11.5. The maximum atomic E-state index is 13.1. The van der Waals surface area contributed by atoms with E-state index in [1.54, 1.807) is 29.1 Å². The summed E-state index contributed by atoms with van der Waals surface area (Å²) in [6, 6.07) is 4.34. The summed E-state index contributed by atoms with van der Waals surface area (Å²) in [5, 5.41) is 0. The quantitative estimate of drug-likeness (QED) is 0.945. The number of aromatic nitrogens is 1. The fourth-order valence-electron chi connectivity index (χ4n) is 1.47. The van der Waals surface area contributed by atoms with Crippen molar-refractivity contribution >= 4 is 27.3 Å². The first-order valence-electron chi connectivity index (χ1n) is 4.74. The van der Waals surface area contributed by atoms with Gasteiger partial charge in [-0.1, -0.05) is 15.9 Å². The van der Waals surface area contributed by atoms with Crippen LogP contribution in [0.1, 0.15) is 16.5 Å². The molecule has 1 aromatic heterocycles. The molecular formula is C11H10BrFN2S. The van der Waals surface area contributed by atoms with Crippen LogP contribution in [-0.4, -0.2) is 4.98 Å². The Kier molecular flexibility index (Phi) is 3.68. The number of thiazole rings is 1. The Labute approximate surface area is 105 Å². The van der Waals surface area contributed by atoms with Crippen LogP contribution in [0.15, 0.2) is 34.4 Å². The van der Waals surface area contributed by atoms with Crippen molar-refractivity contribution in [1.82, 2.24) is 4.98 Å². The van der Waals surface area contributed by atoms with Gasteiger partial charge in [-0.3, -0.25) is 4.98 Å². The first-order valence-corrected chi connectivity index (χ1v) is 6.42. The third-order valence-corrected chi connectivity index (χ3v) is 3.79. The monoisotopic (exact) mass is 300 g/mol. The zero-order valence-electron chi connectivity index (χ0n) is 8.36. The van der Waals surface area contributed by atoms with Gasteiger partial charge in [-0.25, -0.2) is 4.39 Å². The average Bonchev–Trinajstić information content (AvgIpc) is 2.74. The number of nitrogens with zero attached hydrogens (tertiary/aromatic N) is 1. The third-order valence-electron chi connectivity index (χ3n) is 2.26. The maximum Gasteiger partial charge on any atom is 0.123 e. The molecule has 1 atom stereocenters. The molecule has 1 aromatic carbocycles. The molecule has 0 fully saturated rings. The molecule has 0 bridgehead atoms. The van der Waals surface area contributed by atoms with Gasteiger partial charge < -0.3 is 5.73 Å². The van der Waals surface area contributed by atoms with Crippen LogP contribution in [-0.2, 0) is 6.42 Å². The van der Waals surface area contributed by atoms with Gasteiger partial charge in [-0.05, 0) is 23.8 Å². The van der Waals surface area contributed by atoms with Crippen molar-refractivity contribution in [2.24, 2.45) is 5.73 Å². The number of nitrogens with two attached hydrogens (primary N) is 1. The first kappa shape index (κ1) is 11.7. The number of rotatable bonds is 3. The van der Waals surface area contributed by atoms with E-state index in [0.717, 1.165) is 14.9 Å². The van der Waals surface area contributed by atoms with E-state index in [4.69, 9.17) is 5.73 Å². The summed E-state index contributed by atoms with van der Waals surface area (Å²) >= 11 is 4.93. The second-order valence-corrected chi connectivity index (χ2v) is 5.27. The van der Waals surface area contributed by atoms with Crippen molar-refractivity contribution in [1.29, 1.82) is 0 Å². The van der Waals surface area contributed by atoms with Crippen LogP contribution in [0.5, 0.6) is 0 Å². The second kappa shape index (κ2) is 5.03. The van der Waals surface area contributed by atoms with E-state index >= 15 is 0 Å². The summed E-state index contributed by atoms with van der Waals surface area (Å²) in [5.41, 5.74) is 8.59. The Bertz CT molecular complexity index is 473. The summed E-state index contributed by atoms with van der Waals surface area (Å²) in [5.74, 6) is -0.266. The summed E-state index contributed by atoms with van der Waals surface area (Å²) in [7, 11) is 0. The van der Waals surface area contributed by atoms with Crippen LogP contribution in [0.3, 0.4) is 0 Å². The molecule has 16 heavy (non-hydrogen) atoms. The Morgan fingerprint density at radius 1 is 1.50 bits per heavy atom. The van der Waals surface area contributed by atoms with Gasteiger partial charge in [0.1, 0.15) is 5.82 Å². The molecule has 0 amide bonds. The molecule has 2 N–H and O–H groups in total. The molecule has 84 valence electrons. The van der Waals surface area contributed by atoms with Crippen molar-refractivity contribution in [2.75, 3.05) is 0 Å². The van der Waals surface area contributed by atoms with Crippen molar-refractivity contribution < 1.29 is 4.39 Å². The highest BCUT2D eigenvalue weighted by Gasteiger charge is 2.12. The average molecular weight is 301 g/mol. The lowest BCUT2D eigenvalue weighted by Crippen LogP contribution is -2.13. The van der Waals surface area contributed by atoms with E-state index in [0.29, 0.717) is 6.42 Å². The molecule has 1 unspecified atom stereocenters. The highest BCUT2D eigenvalue weighted by molar-refractivity contribution is 9.10. The summed E-state index contributed by atoms with van der Waals surface area (Å²) < 4.78 is 13.9. The fourth-order valence-corrected chi connectivity index (χ4v) is 2.66. The molecule has 2 nitrogen and oxygen atoms in total. The lowest BCUT2D eigenvalue weighted by Gasteiger charge is -2.12. The minimum Gasteiger partial charge on any atom is -0.324 e. The number of halogens is 2. The van der Waals surface area contributed by atoms with Crippen LogP contribution < -0.4 is 5.73 Å². The van der Waals surface area contributed by atoms with Crippen LogP contribution in [0.25, 0.3) is 0 Å². The van der Waals surface area contributed by atoms with Crippen LogP contribution in [0.2, 0.25) is 0 Å². The molecule has 1 heterocycles. The highest BCUT2D eigenvalue weighted by atomic mass is 79.9. The van der Waals surface area contributed by atoms with E-state index in [-0.39, 0.29) is 11.9 Å². The molecule has 0 aliphatic rings. The predicted molar refractivity (Wildman–Crippen MR) is 66.8 cm³/mol. The minimum absolute atomic E-state index is 0.217. The smallest absolute Gasteiger partial charge is 0.123 e. The normalized spacial score (nSPS) is 12.7. The molecular weight excluding hydrogens is 291 g/mol. The van der Waals surface area contributed by atoms with Crippen molar-refractivity contribution in [3.63, 3.8) is 0 Å². The fraction of sp³-hybridized carbons (Fsp3) is 0.182. The van der Waals surface area contributed by atoms with Gasteiger partial charge in [0, 0.05) is 28.0 Å². The van der Waals surface area contributed by atoms with Crippen molar-refractivity contribution in [3.05, 3.63) is 50.6 Å². The molecule has 0 saturated heterocycles. The highest BCUT2D eigenvalue weighted by Crippen LogP contribution is 2.26. The van der Waals surface area contributed by atoms with E-state index in [9.17, 15) is 4.39 Å². The Hall–Kier alpha value is -0.780. The Morgan fingerprint density at radius 3 is 3.00 bits per heavy atom. The van der Waals surface area contributed by atoms with Gasteiger partial charge >= 0.3 is 0 Å². The molecule has 0 spiro atoms. The van der Waals surface area contributed by atoms with E-state index in [1.165, 1.54) is 12.1 Å². The lowest BCUT2D eigenvalue weighted by molar-refractivity contribution is 0.618. The molecule has 0 aliphatic heterocycles. The van der Waals surface area contributed by atoms with Crippen LogP contribution in [0, 0.1) is 5.82 Å². The molecule has 0 radical (unpaired) electrons. The van der Waals surface area contributed by atoms with E-state index < -0.39 is 0 Å². The number of benzene rings is 1. The standard InChI is InChI=1S/C11H10BrFN2S/c12-10-2-1-7(13)3-9(10)11(14)4-8-5-15-6-16-8/h1-3,5-6,11H,4,14H2. The second-order valence-electron chi connectivity index (χ2n) is 3.44. The Balaban J connectivity index is 2.20. The first-order chi connectivity index (χ1) is 7.66. The summed E-state index contributed by atoms with van der Waals surface area (Å²) in [4.78, 5) is 5.09. The third kappa shape index (κ3) is 2.66. The number of hydrogen-bond donors (Lipinski definition) is 1. The molecule has 2 rings (SSSR count). The van der Waals surface area contributed by atoms with Gasteiger partial charge in [0.25, 0.3) is 0 Å². The predicted octanol–water partition coefficient (Wildman–Crippen LogP) is 3.29. The van der Waals surface area contributed by atoms with Gasteiger partial charge in [0.15, 0.2) is 0 Å². The van der Waals surface area contributed by atoms with E-state index in [1.807, 2.05) is 0 Å². The van der Waals surface area contributed by atoms with Crippen molar-refractivity contribution in [2.45, 2.75) is 12.5 Å². The van der Waals surface area contributed by atoms with Gasteiger partial charge in [-0.2, -0.15) is 0 Å². The van der Waals surface area contributed by atoms with Gasteiger partial charge in [-0.15, -0.1) is 11.3 Å². The van der Waals surface area contributed by atoms with E-state index in [2.05, 4.69) is 20.9 Å². The van der Waals surface area contributed by atoms with Crippen LogP contribution in [0.4, 0.5) is 4.39 Å².